The monoisotopic (exact) mass is 1740 g/mol. The lowest BCUT2D eigenvalue weighted by atomic mass is 9.43. The molecule has 119 heavy (non-hydrogen) atoms. The number of oxime groups is 1. The van der Waals surface area contributed by atoms with Gasteiger partial charge in [-0.1, -0.05) is 199 Å². The van der Waals surface area contributed by atoms with Gasteiger partial charge in [0.1, 0.15) is 5.60 Å². The van der Waals surface area contributed by atoms with Crippen LogP contribution in [-0.2, 0) is 14.7 Å². The van der Waals surface area contributed by atoms with Gasteiger partial charge in [-0.25, -0.2) is 21.6 Å². The third-order valence-corrected chi connectivity index (χ3v) is 48.5. The van der Waals surface area contributed by atoms with Crippen molar-refractivity contribution in [3.63, 3.8) is 0 Å². The molecule has 698 valence electrons. The molecular formula is C99H195N13O3S4. The zero-order valence-corrected chi connectivity index (χ0v) is 93.9. The summed E-state index contributed by atoms with van der Waals surface area (Å²) >= 11 is 5.11. The third-order valence-electron chi connectivity index (χ3n) is 40.8. The van der Waals surface area contributed by atoms with Crippen LogP contribution >= 0.6 is 35.8 Å². The molecule has 0 radical (unpaired) electrons. The molecule has 0 bridgehead atoms. The Balaban J connectivity index is 0.000000667. The van der Waals surface area contributed by atoms with Crippen LogP contribution < -0.4 is 0 Å². The summed E-state index contributed by atoms with van der Waals surface area (Å²) in [4.78, 5) is 7.89. The van der Waals surface area contributed by atoms with E-state index in [2.05, 4.69) is 452 Å². The normalized spacial score (nSPS) is 29.4. The van der Waals surface area contributed by atoms with Crippen LogP contribution in [0.3, 0.4) is 0 Å². The Labute approximate surface area is 752 Å². The number of sulfone groups is 1. The summed E-state index contributed by atoms with van der Waals surface area (Å²) in [5.74, 6) is 0. The molecule has 20 heteroatoms. The molecule has 0 spiro atoms. The predicted octanol–water partition coefficient (Wildman–Crippen LogP) is 28.0. The zero-order chi connectivity index (χ0) is 96.5. The van der Waals surface area contributed by atoms with Crippen molar-refractivity contribution in [2.45, 2.75) is 478 Å². The Hall–Kier alpha value is -2.68. The van der Waals surface area contributed by atoms with E-state index >= 15 is 0 Å². The molecule has 0 saturated carbocycles. The molecule has 10 aliphatic heterocycles. The number of hydrazone groups is 4. The summed E-state index contributed by atoms with van der Waals surface area (Å²) < 4.78 is 37.7. The van der Waals surface area contributed by atoms with E-state index in [9.17, 15) is 8.42 Å². The number of likely N-dealkylation sites (tertiary alicyclic amines) is 1. The van der Waals surface area contributed by atoms with Crippen molar-refractivity contribution in [2.75, 3.05) is 35.2 Å². The van der Waals surface area contributed by atoms with E-state index in [-0.39, 0.29) is 129 Å². The summed E-state index contributed by atoms with van der Waals surface area (Å²) in [6.07, 6.45) is 0. The van der Waals surface area contributed by atoms with Crippen LogP contribution in [0.1, 0.15) is 415 Å². The largest absolute Gasteiger partial charge is 0.389 e. The van der Waals surface area contributed by atoms with E-state index in [4.69, 9.17) is 4.84 Å². The second-order valence-electron chi connectivity index (χ2n) is 50.1. The first kappa shape index (κ1) is 114. The van der Waals surface area contributed by atoms with Gasteiger partial charge in [-0.3, -0.25) is 24.9 Å². The Morgan fingerprint density at radius 2 is 0.420 bits per heavy atom. The quantitative estimate of drug-likeness (QED) is 0.213. The van der Waals surface area contributed by atoms with E-state index in [0.29, 0.717) is 0 Å². The maximum atomic E-state index is 12.6. The lowest BCUT2D eigenvalue weighted by Gasteiger charge is -2.60. The first-order valence-electron chi connectivity index (χ1n) is 44.5. The number of hydrogen-bond acceptors (Lipinski definition) is 19. The summed E-state index contributed by atoms with van der Waals surface area (Å²) in [5.41, 5.74) is 12.5. The number of hydrogen-bond donors (Lipinski definition) is 0. The van der Waals surface area contributed by atoms with E-state index in [1.54, 1.807) is 35.8 Å². The van der Waals surface area contributed by atoms with E-state index in [0.717, 1.165) is 5.71 Å². The average molecular weight is 1740 g/mol. The lowest BCUT2D eigenvalue weighted by Crippen LogP contribution is -2.62. The minimum atomic E-state index is -3.12. The molecule has 0 amide bonds. The highest BCUT2D eigenvalue weighted by molar-refractivity contribution is 8.00. The molecular weight excluding hydrogens is 1550 g/mol. The summed E-state index contributed by atoms with van der Waals surface area (Å²) in [6, 6.07) is 0. The summed E-state index contributed by atoms with van der Waals surface area (Å²) in [7, 11) is 7.36. The van der Waals surface area contributed by atoms with Crippen molar-refractivity contribution in [2.24, 2.45) is 115 Å². The molecule has 2 saturated heterocycles. The van der Waals surface area contributed by atoms with E-state index < -0.39 is 19.3 Å². The molecule has 0 unspecified atom stereocenters. The number of nitrogens with zero attached hydrogens (tertiary/aromatic N) is 13. The Morgan fingerprint density at radius 3 is 0.487 bits per heavy atom. The van der Waals surface area contributed by atoms with E-state index in [1.165, 1.54) is 40.0 Å². The van der Waals surface area contributed by atoms with Crippen LogP contribution in [0.25, 0.3) is 0 Å². The van der Waals surface area contributed by atoms with Gasteiger partial charge in [0.25, 0.3) is 0 Å². The molecule has 10 aliphatic rings. The van der Waals surface area contributed by atoms with Crippen molar-refractivity contribution in [1.82, 2.24) is 24.9 Å². The minimum Gasteiger partial charge on any atom is -0.389 e. The highest BCUT2D eigenvalue weighted by atomic mass is 32.2. The zero-order valence-electron chi connectivity index (χ0n) is 90.7. The third kappa shape index (κ3) is 18.4. The van der Waals surface area contributed by atoms with Crippen LogP contribution in [0.15, 0.2) is 38.8 Å². The lowest BCUT2D eigenvalue weighted by molar-refractivity contribution is -0.106. The van der Waals surface area contributed by atoms with Crippen LogP contribution in [0, 0.1) is 75.8 Å². The SMILES string of the molecule is CC1(C)C(C)(C)C(C)(C)S(=O)(=O)C1(C)C.CC1=NN(C)C(C)(C)C1(C)C.CC1=NN(C)C(C)(C)C1(C)C.CC1=NN(C)C(C)(C)C1(C)C.CC1=NN(C)C(C)(C)C1(C)C.CC1=NOC(C)(C)C1(C)C.CC1=NSC(C)(C)C1(C)C.CC1=NSC(C)(C)C1(C)C.CC1=NSC(C)(C)C1(C)C.CN1C(C)(C)C(C)(C)C(C)(C)C(C)(C)C(C)(C)C1(C)C. The average Bonchev–Trinajstić information content (AvgIpc) is 1.51. The van der Waals surface area contributed by atoms with Crippen molar-refractivity contribution in [1.29, 1.82) is 0 Å². The molecule has 0 aromatic carbocycles. The molecule has 16 nitrogen and oxygen atoms in total. The Morgan fingerprint density at radius 1 is 0.235 bits per heavy atom. The molecule has 0 aromatic heterocycles. The van der Waals surface area contributed by atoms with Gasteiger partial charge in [0, 0.05) is 137 Å². The fourth-order valence-electron chi connectivity index (χ4n) is 16.1. The smallest absolute Gasteiger partial charge is 0.161 e. The summed E-state index contributed by atoms with van der Waals surface area (Å²) in [5, 5.41) is 30.0. The Bertz CT molecular complexity index is 3560. The van der Waals surface area contributed by atoms with Crippen LogP contribution in [0.5, 0.6) is 0 Å². The molecule has 0 atom stereocenters. The van der Waals surface area contributed by atoms with Gasteiger partial charge < -0.3 is 4.84 Å². The fourth-order valence-corrected chi connectivity index (χ4v) is 22.2. The van der Waals surface area contributed by atoms with Gasteiger partial charge in [0.2, 0.25) is 0 Å². The van der Waals surface area contributed by atoms with E-state index in [1.807, 2.05) is 62.8 Å². The first-order chi connectivity index (χ1) is 51.4. The van der Waals surface area contributed by atoms with Gasteiger partial charge in [-0.05, 0) is 297 Å². The van der Waals surface area contributed by atoms with Crippen molar-refractivity contribution >= 4 is 91.4 Å². The highest BCUT2D eigenvalue weighted by Gasteiger charge is 2.73. The minimum absolute atomic E-state index is 0.0764. The maximum Gasteiger partial charge on any atom is 0.161 e. The molecule has 0 aromatic rings. The predicted molar refractivity (Wildman–Crippen MR) is 538 cm³/mol. The van der Waals surface area contributed by atoms with Crippen molar-refractivity contribution in [3.8, 4) is 0 Å². The summed E-state index contributed by atoms with van der Waals surface area (Å²) in [6.45, 7) is 133. The number of rotatable bonds is 0. The van der Waals surface area contributed by atoms with Crippen molar-refractivity contribution < 1.29 is 13.3 Å². The van der Waals surface area contributed by atoms with Gasteiger partial charge in [0.15, 0.2) is 9.84 Å². The van der Waals surface area contributed by atoms with Crippen LogP contribution in [0.4, 0.5) is 0 Å². The van der Waals surface area contributed by atoms with Crippen LogP contribution in [-0.4, -0.2) is 177 Å². The second kappa shape index (κ2) is 34.1. The Kier molecular flexibility index (Phi) is 32.7. The van der Waals surface area contributed by atoms with Crippen LogP contribution in [0.2, 0.25) is 0 Å². The van der Waals surface area contributed by atoms with Gasteiger partial charge in [0.05, 0.1) is 37.4 Å². The molecule has 10 rings (SSSR count). The van der Waals surface area contributed by atoms with Gasteiger partial charge in [-0.15, -0.1) is 0 Å². The standard InChI is InChI=1S/C19H39N.C12H24O2S.4C9H18N2.C8H15NO.3C8H15NS/c1-14(2)15(3,4)17(7,8)19(11,12)20(13)18(9,10)16(14,5)6;1-9(2)10(3,4)12(7,8)15(13,14)11(9,5)6;4*1-7-8(2,3)9(4,5)11(6)10-7;4*1-6-7(2,3)8(4,5)10-9-6/h1-13H3;1-8H3;4*1-6H3;4*1-5H3. The maximum absolute atomic E-state index is 12.6. The molecule has 0 aliphatic carbocycles. The first-order valence-corrected chi connectivity index (χ1v) is 48.3. The fraction of sp³-hybridized carbons (Fsp3) is 0.919. The van der Waals surface area contributed by atoms with Crippen molar-refractivity contribution in [3.05, 3.63) is 0 Å². The second-order valence-corrected chi connectivity index (χ2v) is 57.3. The molecule has 10 heterocycles. The highest BCUT2D eigenvalue weighted by Crippen LogP contribution is 2.70. The topological polar surface area (TPSA) is 158 Å². The van der Waals surface area contributed by atoms with Gasteiger partial charge >= 0.3 is 0 Å². The molecule has 0 N–H and O–H groups in total. The molecule has 2 fully saturated rings. The van der Waals surface area contributed by atoms with Gasteiger partial charge in [-0.2, -0.15) is 20.4 Å².